The van der Waals surface area contributed by atoms with Crippen molar-refractivity contribution in [2.75, 3.05) is 6.54 Å². The Bertz CT molecular complexity index is 1010. The van der Waals surface area contributed by atoms with Crippen LogP contribution in [0.1, 0.15) is 41.4 Å². The van der Waals surface area contributed by atoms with Crippen molar-refractivity contribution in [3.05, 3.63) is 52.0 Å². The minimum absolute atomic E-state index is 0.222. The highest BCUT2D eigenvalue weighted by atomic mass is 16.2. The maximum atomic E-state index is 12.5. The fourth-order valence-corrected chi connectivity index (χ4v) is 3.39. The van der Waals surface area contributed by atoms with Gasteiger partial charge in [0.1, 0.15) is 11.6 Å². The topological polar surface area (TPSA) is 106 Å². The van der Waals surface area contributed by atoms with Gasteiger partial charge in [-0.25, -0.2) is 5.10 Å². The average Bonchev–Trinajstić information content (AvgIpc) is 2.88. The fourth-order valence-electron chi connectivity index (χ4n) is 3.39. The molecule has 3 aromatic rings. The summed E-state index contributed by atoms with van der Waals surface area (Å²) in [4.78, 5) is 24.3. The van der Waals surface area contributed by atoms with Crippen molar-refractivity contribution in [2.45, 2.75) is 38.6 Å². The molecule has 0 unspecified atom stereocenters. The van der Waals surface area contributed by atoms with E-state index in [4.69, 9.17) is 0 Å². The molecule has 0 atom stereocenters. The van der Waals surface area contributed by atoms with Crippen molar-refractivity contribution >= 4 is 16.7 Å². The molecule has 1 amide bonds. The van der Waals surface area contributed by atoms with Crippen LogP contribution >= 0.6 is 0 Å². The Labute approximate surface area is 149 Å². The Kier molecular flexibility index (Phi) is 4.47. The second kappa shape index (κ2) is 7.07. The Morgan fingerprint density at radius 1 is 1.15 bits per heavy atom. The number of aryl methyl sites for hydroxylation is 1. The number of H-pyrrole nitrogens is 1. The van der Waals surface area contributed by atoms with Crippen molar-refractivity contribution in [1.82, 2.24) is 30.3 Å². The number of benzene rings is 1. The molecule has 0 radical (unpaired) electrons. The minimum atomic E-state index is -0.312. The number of nitrogens with one attached hydrogen (secondary N) is 2. The lowest BCUT2D eigenvalue weighted by Crippen LogP contribution is -2.29. The number of aromatic nitrogens is 5. The first kappa shape index (κ1) is 16.4. The SMILES string of the molecule is O=C(NCCc1nnc2n1CCCCC2)c1n[nH]c(=O)c2ccccc12. The molecule has 8 heteroatoms. The van der Waals surface area contributed by atoms with Gasteiger partial charge in [-0.2, -0.15) is 5.10 Å². The molecule has 2 aromatic heterocycles. The molecule has 134 valence electrons. The van der Waals surface area contributed by atoms with Crippen LogP contribution in [-0.4, -0.2) is 37.4 Å². The summed E-state index contributed by atoms with van der Waals surface area (Å²) in [6.07, 6.45) is 5.08. The molecule has 2 N–H and O–H groups in total. The zero-order valence-corrected chi connectivity index (χ0v) is 14.4. The average molecular weight is 352 g/mol. The summed E-state index contributed by atoms with van der Waals surface area (Å²) in [6, 6.07) is 6.95. The molecule has 0 saturated carbocycles. The molecule has 1 aliphatic heterocycles. The van der Waals surface area contributed by atoms with Gasteiger partial charge in [0.25, 0.3) is 11.5 Å². The van der Waals surface area contributed by atoms with Crippen molar-refractivity contribution in [3.63, 3.8) is 0 Å². The van der Waals surface area contributed by atoms with Gasteiger partial charge in [-0.1, -0.05) is 24.6 Å². The molecule has 3 heterocycles. The maximum absolute atomic E-state index is 12.5. The number of fused-ring (bicyclic) bond motifs is 2. The number of amides is 1. The highest BCUT2D eigenvalue weighted by Gasteiger charge is 2.16. The summed E-state index contributed by atoms with van der Waals surface area (Å²) in [5.74, 6) is 1.63. The van der Waals surface area contributed by atoms with E-state index in [0.29, 0.717) is 23.7 Å². The molecule has 1 aromatic carbocycles. The van der Waals surface area contributed by atoms with Crippen LogP contribution < -0.4 is 10.9 Å². The van der Waals surface area contributed by atoms with Crippen LogP contribution in [-0.2, 0) is 19.4 Å². The van der Waals surface area contributed by atoms with Crippen LogP contribution in [0, 0.1) is 0 Å². The van der Waals surface area contributed by atoms with Crippen LogP contribution in [0.25, 0.3) is 10.8 Å². The second-order valence-corrected chi connectivity index (χ2v) is 6.45. The summed E-state index contributed by atoms with van der Waals surface area (Å²) in [5, 5.41) is 18.7. The summed E-state index contributed by atoms with van der Waals surface area (Å²) in [7, 11) is 0. The third-order valence-corrected chi connectivity index (χ3v) is 4.73. The first-order chi connectivity index (χ1) is 12.7. The maximum Gasteiger partial charge on any atom is 0.272 e. The molecule has 26 heavy (non-hydrogen) atoms. The standard InChI is InChI=1S/C18H20N6O2/c25-17-13-7-4-3-6-12(13)16(22-23-17)18(26)19-10-9-15-21-20-14-8-2-1-5-11-24(14)15/h3-4,6-7H,1-2,5,8-11H2,(H,19,26)(H,23,25). The lowest BCUT2D eigenvalue weighted by molar-refractivity contribution is 0.0949. The first-order valence-corrected chi connectivity index (χ1v) is 8.90. The van der Waals surface area contributed by atoms with Gasteiger partial charge in [0.2, 0.25) is 0 Å². The number of aromatic amines is 1. The Balaban J connectivity index is 1.46. The second-order valence-electron chi connectivity index (χ2n) is 6.45. The zero-order valence-electron chi connectivity index (χ0n) is 14.4. The largest absolute Gasteiger partial charge is 0.350 e. The number of carbonyl (C=O) groups is 1. The van der Waals surface area contributed by atoms with E-state index >= 15 is 0 Å². The summed E-state index contributed by atoms with van der Waals surface area (Å²) < 4.78 is 2.17. The predicted molar refractivity (Wildman–Crippen MR) is 96.0 cm³/mol. The molecule has 0 bridgehead atoms. The van der Waals surface area contributed by atoms with E-state index in [1.54, 1.807) is 24.3 Å². The third kappa shape index (κ3) is 3.10. The van der Waals surface area contributed by atoms with E-state index in [1.165, 1.54) is 6.42 Å². The number of rotatable bonds is 4. The summed E-state index contributed by atoms with van der Waals surface area (Å²) >= 11 is 0. The first-order valence-electron chi connectivity index (χ1n) is 8.90. The molecule has 0 fully saturated rings. The lowest BCUT2D eigenvalue weighted by atomic mass is 10.1. The van der Waals surface area contributed by atoms with Crippen LogP contribution in [0.3, 0.4) is 0 Å². The van der Waals surface area contributed by atoms with Gasteiger partial charge in [0, 0.05) is 31.3 Å². The van der Waals surface area contributed by atoms with Gasteiger partial charge >= 0.3 is 0 Å². The van der Waals surface area contributed by atoms with Gasteiger partial charge in [-0.05, 0) is 18.9 Å². The van der Waals surface area contributed by atoms with Crippen LogP contribution in [0.2, 0.25) is 0 Å². The predicted octanol–water partition coefficient (Wildman–Crippen LogP) is 1.21. The monoisotopic (exact) mass is 352 g/mol. The zero-order chi connectivity index (χ0) is 17.9. The van der Waals surface area contributed by atoms with Crippen LogP contribution in [0.4, 0.5) is 0 Å². The van der Waals surface area contributed by atoms with Gasteiger partial charge in [0.05, 0.1) is 5.39 Å². The van der Waals surface area contributed by atoms with Gasteiger partial charge < -0.3 is 9.88 Å². The minimum Gasteiger partial charge on any atom is -0.350 e. The van der Waals surface area contributed by atoms with E-state index in [9.17, 15) is 9.59 Å². The molecule has 4 rings (SSSR count). The molecule has 0 saturated heterocycles. The third-order valence-electron chi connectivity index (χ3n) is 4.73. The number of nitrogens with zero attached hydrogens (tertiary/aromatic N) is 4. The molecule has 1 aliphatic rings. The van der Waals surface area contributed by atoms with Crippen molar-refractivity contribution in [1.29, 1.82) is 0 Å². The Morgan fingerprint density at radius 3 is 2.88 bits per heavy atom. The highest BCUT2D eigenvalue weighted by Crippen LogP contribution is 2.15. The molecule has 0 spiro atoms. The molecular formula is C18H20N6O2. The quantitative estimate of drug-likeness (QED) is 0.734. The van der Waals surface area contributed by atoms with Gasteiger partial charge in [-0.3, -0.25) is 9.59 Å². The normalized spacial score (nSPS) is 14.0. The van der Waals surface area contributed by atoms with Crippen molar-refractivity contribution < 1.29 is 4.79 Å². The number of carbonyl (C=O) groups excluding carboxylic acids is 1. The van der Waals surface area contributed by atoms with Crippen molar-refractivity contribution in [2.24, 2.45) is 0 Å². The summed E-state index contributed by atoms with van der Waals surface area (Å²) in [6.45, 7) is 1.38. The molecule has 8 nitrogen and oxygen atoms in total. The number of hydrogen-bond donors (Lipinski definition) is 2. The number of hydrogen-bond acceptors (Lipinski definition) is 5. The Hall–Kier alpha value is -3.03. The lowest BCUT2D eigenvalue weighted by Gasteiger charge is -2.08. The van der Waals surface area contributed by atoms with E-state index in [1.807, 2.05) is 0 Å². The van der Waals surface area contributed by atoms with Gasteiger partial charge in [-0.15, -0.1) is 10.2 Å². The Morgan fingerprint density at radius 2 is 2.00 bits per heavy atom. The van der Waals surface area contributed by atoms with E-state index in [0.717, 1.165) is 37.5 Å². The van der Waals surface area contributed by atoms with E-state index in [-0.39, 0.29) is 17.2 Å². The molecular weight excluding hydrogens is 332 g/mol. The van der Waals surface area contributed by atoms with E-state index in [2.05, 4.69) is 30.3 Å². The fraction of sp³-hybridized carbons (Fsp3) is 0.389. The van der Waals surface area contributed by atoms with Crippen LogP contribution in [0.15, 0.2) is 29.1 Å². The van der Waals surface area contributed by atoms with E-state index < -0.39 is 0 Å². The van der Waals surface area contributed by atoms with Crippen molar-refractivity contribution in [3.8, 4) is 0 Å². The highest BCUT2D eigenvalue weighted by molar-refractivity contribution is 6.04. The van der Waals surface area contributed by atoms with Crippen LogP contribution in [0.5, 0.6) is 0 Å². The van der Waals surface area contributed by atoms with Gasteiger partial charge in [0.15, 0.2) is 5.69 Å². The smallest absolute Gasteiger partial charge is 0.272 e. The summed E-state index contributed by atoms with van der Waals surface area (Å²) in [5.41, 5.74) is -0.0800. The molecule has 0 aliphatic carbocycles.